The molecule has 1 saturated heterocycles. The molecular weight excluding hydrogens is 244 g/mol. The lowest BCUT2D eigenvalue weighted by molar-refractivity contribution is -0.115. The summed E-state index contributed by atoms with van der Waals surface area (Å²) in [6, 6.07) is 3.87. The van der Waals surface area contributed by atoms with E-state index in [1.165, 1.54) is 6.42 Å². The highest BCUT2D eigenvalue weighted by molar-refractivity contribution is 8.00. The molecule has 18 heavy (non-hydrogen) atoms. The van der Waals surface area contributed by atoms with Crippen molar-refractivity contribution >= 4 is 29.0 Å². The number of benzene rings is 1. The first-order valence-corrected chi connectivity index (χ1v) is 7.42. The third-order valence-corrected chi connectivity index (χ3v) is 4.77. The Morgan fingerprint density at radius 2 is 2.06 bits per heavy atom. The first kappa shape index (κ1) is 13.3. The Bertz CT molecular complexity index is 453. The van der Waals surface area contributed by atoms with E-state index in [1.807, 2.05) is 26.0 Å². The molecule has 0 spiro atoms. The molecule has 0 bridgehead atoms. The molecule has 1 aliphatic heterocycles. The quantitative estimate of drug-likeness (QED) is 0.807. The molecule has 1 aromatic carbocycles. The van der Waals surface area contributed by atoms with E-state index in [2.05, 4.69) is 5.32 Å². The monoisotopic (exact) mass is 264 g/mol. The van der Waals surface area contributed by atoms with Gasteiger partial charge in [0.25, 0.3) is 0 Å². The number of nitrogens with two attached hydrogens (primary N) is 1. The summed E-state index contributed by atoms with van der Waals surface area (Å²) in [7, 11) is 0. The molecule has 1 aromatic rings. The third-order valence-electron chi connectivity index (χ3n) is 3.40. The molecule has 0 aromatic heterocycles. The predicted octanol–water partition coefficient (Wildman–Crippen LogP) is 3.11. The molecule has 4 heteroatoms. The van der Waals surface area contributed by atoms with Gasteiger partial charge in [0, 0.05) is 0 Å². The van der Waals surface area contributed by atoms with Crippen LogP contribution in [0.15, 0.2) is 12.1 Å². The first-order valence-electron chi connectivity index (χ1n) is 6.37. The van der Waals surface area contributed by atoms with E-state index < -0.39 is 0 Å². The van der Waals surface area contributed by atoms with Gasteiger partial charge in [-0.15, -0.1) is 11.8 Å². The lowest BCUT2D eigenvalue weighted by Crippen LogP contribution is -2.27. The van der Waals surface area contributed by atoms with Gasteiger partial charge in [-0.2, -0.15) is 0 Å². The van der Waals surface area contributed by atoms with Crippen LogP contribution in [0.25, 0.3) is 0 Å². The Hall–Kier alpha value is -1.16. The van der Waals surface area contributed by atoms with Crippen LogP contribution in [0, 0.1) is 13.8 Å². The van der Waals surface area contributed by atoms with Crippen LogP contribution in [-0.2, 0) is 4.79 Å². The molecule has 1 heterocycles. The summed E-state index contributed by atoms with van der Waals surface area (Å²) in [5.41, 5.74) is 9.64. The summed E-state index contributed by atoms with van der Waals surface area (Å²) >= 11 is 1.75. The van der Waals surface area contributed by atoms with Crippen molar-refractivity contribution in [2.45, 2.75) is 38.4 Å². The molecule has 1 aliphatic rings. The Balaban J connectivity index is 2.08. The largest absolute Gasteiger partial charge is 0.397 e. The summed E-state index contributed by atoms with van der Waals surface area (Å²) in [5, 5.41) is 3.05. The van der Waals surface area contributed by atoms with Crippen molar-refractivity contribution in [3.05, 3.63) is 23.3 Å². The van der Waals surface area contributed by atoms with Crippen LogP contribution >= 0.6 is 11.8 Å². The molecule has 1 fully saturated rings. The number of amides is 1. The maximum atomic E-state index is 12.1. The number of rotatable bonds is 2. The van der Waals surface area contributed by atoms with Gasteiger partial charge in [-0.3, -0.25) is 4.79 Å². The normalized spacial score (nSPS) is 19.6. The van der Waals surface area contributed by atoms with Crippen molar-refractivity contribution < 1.29 is 4.79 Å². The highest BCUT2D eigenvalue weighted by atomic mass is 32.2. The molecule has 0 radical (unpaired) electrons. The van der Waals surface area contributed by atoms with E-state index in [1.54, 1.807) is 11.8 Å². The van der Waals surface area contributed by atoms with Crippen molar-refractivity contribution in [1.29, 1.82) is 0 Å². The summed E-state index contributed by atoms with van der Waals surface area (Å²) < 4.78 is 0. The van der Waals surface area contributed by atoms with Gasteiger partial charge in [0.2, 0.25) is 5.91 Å². The maximum absolute atomic E-state index is 12.1. The average molecular weight is 264 g/mol. The topological polar surface area (TPSA) is 55.1 Å². The summed E-state index contributed by atoms with van der Waals surface area (Å²) in [6.07, 6.45) is 3.34. The van der Waals surface area contributed by atoms with E-state index in [0.717, 1.165) is 35.4 Å². The van der Waals surface area contributed by atoms with Crippen LogP contribution in [0.2, 0.25) is 0 Å². The van der Waals surface area contributed by atoms with Gasteiger partial charge in [-0.1, -0.05) is 6.42 Å². The van der Waals surface area contributed by atoms with Crippen molar-refractivity contribution in [1.82, 2.24) is 0 Å². The minimum atomic E-state index is 0.0831. The van der Waals surface area contributed by atoms with Crippen LogP contribution in [0.1, 0.15) is 30.4 Å². The minimum absolute atomic E-state index is 0.0831. The average Bonchev–Trinajstić information content (AvgIpc) is 2.37. The summed E-state index contributed by atoms with van der Waals surface area (Å²) in [6.45, 7) is 4.05. The fourth-order valence-corrected chi connectivity index (χ4v) is 3.31. The van der Waals surface area contributed by atoms with Gasteiger partial charge in [-0.25, -0.2) is 0 Å². The molecule has 0 aliphatic carbocycles. The van der Waals surface area contributed by atoms with Crippen LogP contribution in [0.4, 0.5) is 11.4 Å². The predicted molar refractivity (Wildman–Crippen MR) is 79.1 cm³/mol. The van der Waals surface area contributed by atoms with Gasteiger partial charge in [0.15, 0.2) is 0 Å². The van der Waals surface area contributed by atoms with E-state index in [4.69, 9.17) is 5.73 Å². The number of hydrogen-bond acceptors (Lipinski definition) is 3. The summed E-state index contributed by atoms with van der Waals surface area (Å²) in [5.74, 6) is 1.18. The number of hydrogen-bond donors (Lipinski definition) is 2. The van der Waals surface area contributed by atoms with Gasteiger partial charge < -0.3 is 11.1 Å². The van der Waals surface area contributed by atoms with E-state index in [9.17, 15) is 4.79 Å². The van der Waals surface area contributed by atoms with Crippen molar-refractivity contribution in [2.24, 2.45) is 0 Å². The van der Waals surface area contributed by atoms with Crippen molar-refractivity contribution in [3.63, 3.8) is 0 Å². The van der Waals surface area contributed by atoms with Crippen LogP contribution in [-0.4, -0.2) is 16.9 Å². The van der Waals surface area contributed by atoms with Crippen molar-refractivity contribution in [2.75, 3.05) is 16.8 Å². The highest BCUT2D eigenvalue weighted by Crippen LogP contribution is 2.28. The number of carbonyl (C=O) groups is 1. The molecule has 0 saturated carbocycles. The summed E-state index contributed by atoms with van der Waals surface area (Å²) in [4.78, 5) is 12.1. The SMILES string of the molecule is Cc1cc(N)c(NC(=O)C2CCCCS2)cc1C. The second-order valence-electron chi connectivity index (χ2n) is 4.87. The fourth-order valence-electron chi connectivity index (χ4n) is 2.11. The number of aryl methyl sites for hydroxylation is 2. The zero-order valence-corrected chi connectivity index (χ0v) is 11.8. The molecular formula is C14H20N2OS. The van der Waals surface area contributed by atoms with Crippen LogP contribution in [0.5, 0.6) is 0 Å². The van der Waals surface area contributed by atoms with Gasteiger partial charge >= 0.3 is 0 Å². The van der Waals surface area contributed by atoms with Gasteiger partial charge in [0.05, 0.1) is 16.6 Å². The Morgan fingerprint density at radius 1 is 1.33 bits per heavy atom. The molecule has 3 N–H and O–H groups in total. The van der Waals surface area contributed by atoms with Gasteiger partial charge in [0.1, 0.15) is 0 Å². The lowest BCUT2D eigenvalue weighted by Gasteiger charge is -2.21. The zero-order chi connectivity index (χ0) is 13.1. The second-order valence-corrected chi connectivity index (χ2v) is 6.18. The standard InChI is InChI=1S/C14H20N2OS/c1-9-7-11(15)12(8-10(9)2)16-14(17)13-5-3-4-6-18-13/h7-8,13H,3-6,15H2,1-2H3,(H,16,17). The molecule has 1 unspecified atom stereocenters. The molecule has 98 valence electrons. The number of anilines is 2. The molecule has 2 rings (SSSR count). The van der Waals surface area contributed by atoms with Gasteiger partial charge in [-0.05, 0) is 55.7 Å². The van der Waals surface area contributed by atoms with E-state index in [-0.39, 0.29) is 11.2 Å². The maximum Gasteiger partial charge on any atom is 0.237 e. The third kappa shape index (κ3) is 2.99. The lowest BCUT2D eigenvalue weighted by atomic mass is 10.1. The minimum Gasteiger partial charge on any atom is -0.397 e. The van der Waals surface area contributed by atoms with Crippen LogP contribution < -0.4 is 11.1 Å². The number of thioether (sulfide) groups is 1. The Morgan fingerprint density at radius 3 is 2.72 bits per heavy atom. The molecule has 1 atom stereocenters. The van der Waals surface area contributed by atoms with E-state index in [0.29, 0.717) is 5.69 Å². The fraction of sp³-hybridized carbons (Fsp3) is 0.500. The second kappa shape index (κ2) is 5.65. The number of carbonyl (C=O) groups excluding carboxylic acids is 1. The molecule has 3 nitrogen and oxygen atoms in total. The van der Waals surface area contributed by atoms with Crippen LogP contribution in [0.3, 0.4) is 0 Å². The van der Waals surface area contributed by atoms with E-state index >= 15 is 0 Å². The van der Waals surface area contributed by atoms with Crippen molar-refractivity contribution in [3.8, 4) is 0 Å². The Kier molecular flexibility index (Phi) is 4.17. The zero-order valence-electron chi connectivity index (χ0n) is 11.0. The molecule has 1 amide bonds. The number of nitrogens with one attached hydrogen (secondary N) is 1. The Labute approximate surface area is 113 Å². The highest BCUT2D eigenvalue weighted by Gasteiger charge is 2.22. The smallest absolute Gasteiger partial charge is 0.237 e. The first-order chi connectivity index (χ1) is 8.58. The number of nitrogen functional groups attached to an aromatic ring is 1.